The van der Waals surface area contributed by atoms with Gasteiger partial charge in [-0.15, -0.1) is 0 Å². The van der Waals surface area contributed by atoms with E-state index in [0.29, 0.717) is 22.8 Å². The summed E-state index contributed by atoms with van der Waals surface area (Å²) in [5.41, 5.74) is 5.47. The van der Waals surface area contributed by atoms with Crippen LogP contribution in [0.15, 0.2) is 48.5 Å². The molecule has 1 aromatic rings. The Kier molecular flexibility index (Phi) is 8.34. The number of allylic oxidation sites excluding steroid dienone is 3. The predicted molar refractivity (Wildman–Crippen MR) is 112 cm³/mol. The smallest absolute Gasteiger partial charge is 0.405 e. The summed E-state index contributed by atoms with van der Waals surface area (Å²) < 4.78 is 38.7. The van der Waals surface area contributed by atoms with Crippen LogP contribution in [-0.2, 0) is 0 Å². The maximum atomic E-state index is 12.9. The summed E-state index contributed by atoms with van der Waals surface area (Å²) in [7, 11) is 0. The van der Waals surface area contributed by atoms with E-state index in [1.54, 1.807) is 13.0 Å². The molecule has 0 aliphatic heterocycles. The molecule has 0 radical (unpaired) electrons. The van der Waals surface area contributed by atoms with Crippen molar-refractivity contribution in [2.24, 2.45) is 11.7 Å². The summed E-state index contributed by atoms with van der Waals surface area (Å²) in [4.78, 5) is 16.6. The molecule has 1 aliphatic rings. The summed E-state index contributed by atoms with van der Waals surface area (Å²) in [6.07, 6.45) is 2.87. The minimum Gasteiger partial charge on any atom is -0.405 e. The normalized spacial score (nSPS) is 20.2. The zero-order valence-electron chi connectivity index (χ0n) is 16.7. The number of carbonyl (C=O) groups excluding carboxylic acids is 1. The third-order valence-electron chi connectivity index (χ3n) is 5.03. The Balaban J connectivity index is 1.81. The summed E-state index contributed by atoms with van der Waals surface area (Å²) in [6, 6.07) is 1.64. The van der Waals surface area contributed by atoms with Crippen molar-refractivity contribution in [1.29, 1.82) is 0 Å². The number of halogens is 4. The van der Waals surface area contributed by atoms with Gasteiger partial charge in [-0.1, -0.05) is 18.2 Å². The largest absolute Gasteiger partial charge is 0.416 e. The number of nitrogens with one attached hydrogen (secondary N) is 2. The number of aromatic nitrogens is 1. The highest BCUT2D eigenvalue weighted by Gasteiger charge is 2.31. The molecule has 2 rings (SSSR count). The highest BCUT2D eigenvalue weighted by Crippen LogP contribution is 2.28. The minimum atomic E-state index is -4.49. The van der Waals surface area contributed by atoms with Crippen LogP contribution < -0.4 is 16.4 Å². The predicted octanol–water partition coefficient (Wildman–Crippen LogP) is 4.40. The van der Waals surface area contributed by atoms with Crippen LogP contribution in [0.4, 0.5) is 13.2 Å². The molecule has 1 aliphatic carbocycles. The molecular formula is C21H26ClF3N4O. The number of hydrogen-bond donors (Lipinski definition) is 3. The number of alkyl halides is 3. The van der Waals surface area contributed by atoms with Crippen molar-refractivity contribution in [1.82, 2.24) is 15.6 Å². The first-order chi connectivity index (χ1) is 14.1. The van der Waals surface area contributed by atoms with Gasteiger partial charge in [0.1, 0.15) is 0 Å². The van der Waals surface area contributed by atoms with Gasteiger partial charge in [-0.2, -0.15) is 13.2 Å². The topological polar surface area (TPSA) is 80.0 Å². The molecular weight excluding hydrogens is 417 g/mol. The molecule has 1 fully saturated rings. The monoisotopic (exact) mass is 442 g/mol. The van der Waals surface area contributed by atoms with E-state index in [-0.39, 0.29) is 23.6 Å². The van der Waals surface area contributed by atoms with Crippen LogP contribution in [0.3, 0.4) is 0 Å². The highest BCUT2D eigenvalue weighted by atomic mass is 35.5. The fraction of sp³-hybridized carbons (Fsp3) is 0.429. The second-order valence-corrected chi connectivity index (χ2v) is 7.78. The average molecular weight is 443 g/mol. The summed E-state index contributed by atoms with van der Waals surface area (Å²) >= 11 is 5.92. The lowest BCUT2D eigenvalue weighted by Gasteiger charge is -2.29. The summed E-state index contributed by atoms with van der Waals surface area (Å²) in [5, 5.41) is 6.38. The lowest BCUT2D eigenvalue weighted by Crippen LogP contribution is -2.39. The molecule has 0 unspecified atom stereocenters. The lowest BCUT2D eigenvalue weighted by atomic mass is 9.86. The molecule has 0 atom stereocenters. The molecule has 0 bridgehead atoms. The van der Waals surface area contributed by atoms with Gasteiger partial charge in [-0.25, -0.2) is 0 Å². The molecule has 30 heavy (non-hydrogen) atoms. The molecule has 0 saturated heterocycles. The minimum absolute atomic E-state index is 0.0433. The Morgan fingerprint density at radius 2 is 2.03 bits per heavy atom. The Labute approximate surface area is 179 Å². The number of nitrogens with two attached hydrogens (primary N) is 1. The molecule has 1 aromatic heterocycles. The second-order valence-electron chi connectivity index (χ2n) is 7.34. The Hall–Kier alpha value is -2.48. The first kappa shape index (κ1) is 23.8. The van der Waals surface area contributed by atoms with Crippen LogP contribution in [0.25, 0.3) is 0 Å². The van der Waals surface area contributed by atoms with E-state index < -0.39 is 11.7 Å². The molecule has 0 spiro atoms. The van der Waals surface area contributed by atoms with Gasteiger partial charge < -0.3 is 16.4 Å². The van der Waals surface area contributed by atoms with Crippen molar-refractivity contribution in [3.05, 3.63) is 64.7 Å². The zero-order valence-corrected chi connectivity index (χ0v) is 17.5. The van der Waals surface area contributed by atoms with E-state index in [1.165, 1.54) is 6.20 Å². The molecule has 164 valence electrons. The van der Waals surface area contributed by atoms with Gasteiger partial charge in [-0.05, 0) is 62.9 Å². The maximum Gasteiger partial charge on any atom is 0.416 e. The number of nitrogens with zero attached hydrogens (tertiary/aromatic N) is 1. The van der Waals surface area contributed by atoms with Crippen molar-refractivity contribution in [2.45, 2.75) is 44.8 Å². The lowest BCUT2D eigenvalue weighted by molar-refractivity contribution is -0.0882. The van der Waals surface area contributed by atoms with Crippen molar-refractivity contribution >= 4 is 17.5 Å². The van der Waals surface area contributed by atoms with Gasteiger partial charge in [-0.3, -0.25) is 9.78 Å². The Bertz CT molecular complexity index is 828. The number of hydrogen-bond acceptors (Lipinski definition) is 4. The van der Waals surface area contributed by atoms with E-state index in [2.05, 4.69) is 22.2 Å². The van der Waals surface area contributed by atoms with Crippen LogP contribution in [0.1, 0.15) is 41.7 Å². The highest BCUT2D eigenvalue weighted by molar-refractivity contribution is 6.30. The van der Waals surface area contributed by atoms with E-state index in [4.69, 9.17) is 17.3 Å². The molecule has 5 nitrogen and oxygen atoms in total. The molecule has 1 saturated carbocycles. The zero-order chi connectivity index (χ0) is 22.3. The molecule has 1 amide bonds. The van der Waals surface area contributed by atoms with Gasteiger partial charge >= 0.3 is 6.18 Å². The van der Waals surface area contributed by atoms with Crippen molar-refractivity contribution < 1.29 is 18.0 Å². The van der Waals surface area contributed by atoms with Gasteiger partial charge in [0, 0.05) is 24.5 Å². The first-order valence-corrected chi connectivity index (χ1v) is 10.0. The standard InChI is InChI=1S/C21H26ClF3N4O/c1-13(9-16(7-8-26)21(23,24)25)27-11-15-3-5-18(6-4-15)29-20(30)19-10-17(22)12-28-14(19)2/h7-10,12,15,18,27H,1,3-6,11,26H2,2H3,(H,29,30)/b8-7-,16-9+. The van der Waals surface area contributed by atoms with Crippen LogP contribution in [0.5, 0.6) is 0 Å². The number of pyridine rings is 1. The van der Waals surface area contributed by atoms with Crippen molar-refractivity contribution in [2.75, 3.05) is 6.54 Å². The molecule has 1 heterocycles. The van der Waals surface area contributed by atoms with Gasteiger partial charge in [0.15, 0.2) is 0 Å². The molecule has 9 heteroatoms. The first-order valence-electron chi connectivity index (χ1n) is 9.63. The van der Waals surface area contributed by atoms with Crippen molar-refractivity contribution in [3.63, 3.8) is 0 Å². The SMILES string of the molecule is C=C(/C=C(\C=C/N)C(F)(F)F)NCC1CCC(NC(=O)c2cc(Cl)cnc2C)CC1. The van der Waals surface area contributed by atoms with Crippen LogP contribution >= 0.6 is 11.6 Å². The van der Waals surface area contributed by atoms with E-state index in [0.717, 1.165) is 44.0 Å². The molecule has 4 N–H and O–H groups in total. The second kappa shape index (κ2) is 10.5. The number of rotatable bonds is 7. The fourth-order valence-corrected chi connectivity index (χ4v) is 3.51. The number of carbonyl (C=O) groups is 1. The summed E-state index contributed by atoms with van der Waals surface area (Å²) in [5.74, 6) is 0.0903. The Morgan fingerprint density at radius 1 is 1.37 bits per heavy atom. The van der Waals surface area contributed by atoms with Crippen LogP contribution in [0, 0.1) is 12.8 Å². The fourth-order valence-electron chi connectivity index (χ4n) is 3.35. The Morgan fingerprint density at radius 3 is 2.63 bits per heavy atom. The van der Waals surface area contributed by atoms with E-state index in [9.17, 15) is 18.0 Å². The van der Waals surface area contributed by atoms with Crippen LogP contribution in [-0.4, -0.2) is 29.7 Å². The molecule has 0 aromatic carbocycles. The van der Waals surface area contributed by atoms with Crippen LogP contribution in [0.2, 0.25) is 5.02 Å². The quantitative estimate of drug-likeness (QED) is 0.547. The van der Waals surface area contributed by atoms with E-state index >= 15 is 0 Å². The van der Waals surface area contributed by atoms with Gasteiger partial charge in [0.05, 0.1) is 21.9 Å². The van der Waals surface area contributed by atoms with E-state index in [1.807, 2.05) is 0 Å². The van der Waals surface area contributed by atoms with Gasteiger partial charge in [0.25, 0.3) is 5.91 Å². The van der Waals surface area contributed by atoms with Crippen molar-refractivity contribution in [3.8, 4) is 0 Å². The third kappa shape index (κ3) is 7.09. The average Bonchev–Trinajstić information content (AvgIpc) is 2.68. The number of aryl methyl sites for hydroxylation is 1. The maximum absolute atomic E-state index is 12.9. The van der Waals surface area contributed by atoms with Gasteiger partial charge in [0.2, 0.25) is 0 Å². The number of amides is 1. The third-order valence-corrected chi connectivity index (χ3v) is 5.24. The summed E-state index contributed by atoms with van der Waals surface area (Å²) in [6.45, 7) is 5.91.